The summed E-state index contributed by atoms with van der Waals surface area (Å²) in [7, 11) is 3.41. The molecule has 0 aromatic heterocycles. The van der Waals surface area contributed by atoms with Gasteiger partial charge >= 0.3 is 0 Å². The molecular weight excluding hydrogens is 282 g/mol. The zero-order valence-electron chi connectivity index (χ0n) is 11.1. The maximum Gasteiger partial charge on any atom is 0.236 e. The normalized spacial score (nSPS) is 19.0. The van der Waals surface area contributed by atoms with Crippen LogP contribution in [0.4, 0.5) is 0 Å². The van der Waals surface area contributed by atoms with Crippen LogP contribution in [0.25, 0.3) is 0 Å². The molecule has 2 atom stereocenters. The fraction of sp³-hybridized carbons (Fsp3) is 0.500. The fourth-order valence-corrected chi connectivity index (χ4v) is 3.83. The van der Waals surface area contributed by atoms with Crippen LogP contribution in [0.15, 0.2) is 29.2 Å². The summed E-state index contributed by atoms with van der Waals surface area (Å²) in [5, 5.41) is -0.179. The molecule has 3 nitrogen and oxygen atoms in total. The van der Waals surface area contributed by atoms with Gasteiger partial charge in [0.2, 0.25) is 5.91 Å². The number of ether oxygens (including phenoxy) is 1. The molecule has 1 aliphatic heterocycles. The van der Waals surface area contributed by atoms with Crippen molar-refractivity contribution in [1.29, 1.82) is 0 Å². The van der Waals surface area contributed by atoms with Crippen molar-refractivity contribution in [2.24, 2.45) is 0 Å². The average Bonchev–Trinajstić information content (AvgIpc) is 2.81. The van der Waals surface area contributed by atoms with Crippen LogP contribution in [0, 0.1) is 0 Å². The van der Waals surface area contributed by atoms with Gasteiger partial charge in [-0.05, 0) is 18.1 Å². The lowest BCUT2D eigenvalue weighted by atomic mass is 10.1. The molecule has 1 aliphatic rings. The summed E-state index contributed by atoms with van der Waals surface area (Å²) in [5.74, 6) is 0.142. The molecule has 104 valence electrons. The number of carbonyl (C=O) groups excluding carboxylic acids is 1. The van der Waals surface area contributed by atoms with E-state index in [2.05, 4.69) is 12.1 Å². The van der Waals surface area contributed by atoms with Gasteiger partial charge in [0, 0.05) is 25.6 Å². The summed E-state index contributed by atoms with van der Waals surface area (Å²) in [6, 6.07) is 8.19. The van der Waals surface area contributed by atoms with Crippen LogP contribution in [0.3, 0.4) is 0 Å². The Morgan fingerprint density at radius 1 is 1.58 bits per heavy atom. The number of hydrogen-bond acceptors (Lipinski definition) is 3. The summed E-state index contributed by atoms with van der Waals surface area (Å²) < 4.78 is 4.99. The first-order valence-electron chi connectivity index (χ1n) is 6.24. The lowest BCUT2D eigenvalue weighted by Crippen LogP contribution is -2.39. The van der Waals surface area contributed by atoms with Crippen LogP contribution in [0.1, 0.15) is 5.56 Å². The standard InChI is InChI=1S/C14H18ClNO2S/c1-16(8-11(15)9-18-2)14(17)13-7-10-5-3-4-6-12(10)19-13/h3-6,11,13H,7-9H2,1-2H3. The minimum Gasteiger partial charge on any atom is -0.383 e. The number of benzene rings is 1. The molecule has 1 aromatic rings. The van der Waals surface area contributed by atoms with Gasteiger partial charge in [-0.15, -0.1) is 23.4 Å². The van der Waals surface area contributed by atoms with Gasteiger partial charge in [-0.1, -0.05) is 18.2 Å². The third-order valence-corrected chi connectivity index (χ3v) is 4.69. The van der Waals surface area contributed by atoms with Crippen LogP contribution < -0.4 is 0 Å². The molecule has 0 saturated carbocycles. The first-order chi connectivity index (χ1) is 9.11. The van der Waals surface area contributed by atoms with Crippen LogP contribution in [-0.4, -0.2) is 48.7 Å². The SMILES string of the molecule is COCC(Cl)CN(C)C(=O)C1Cc2ccccc2S1. The Morgan fingerprint density at radius 2 is 2.32 bits per heavy atom. The van der Waals surface area contributed by atoms with Crippen LogP contribution in [-0.2, 0) is 16.0 Å². The van der Waals surface area contributed by atoms with Gasteiger partial charge in [-0.3, -0.25) is 4.79 Å². The number of hydrogen-bond donors (Lipinski definition) is 0. The van der Waals surface area contributed by atoms with Gasteiger partial charge < -0.3 is 9.64 Å². The molecule has 0 saturated heterocycles. The summed E-state index contributed by atoms with van der Waals surface area (Å²) in [6.45, 7) is 0.971. The highest BCUT2D eigenvalue weighted by molar-refractivity contribution is 8.01. The fourth-order valence-electron chi connectivity index (χ4n) is 2.19. The van der Waals surface area contributed by atoms with Gasteiger partial charge in [0.25, 0.3) is 0 Å². The summed E-state index contributed by atoms with van der Waals surface area (Å²) in [4.78, 5) is 15.3. The maximum atomic E-state index is 12.4. The molecule has 0 radical (unpaired) electrons. The molecule has 5 heteroatoms. The van der Waals surface area contributed by atoms with Crippen LogP contribution in [0.2, 0.25) is 0 Å². The second kappa shape index (κ2) is 6.64. The quantitative estimate of drug-likeness (QED) is 0.782. The lowest BCUT2D eigenvalue weighted by Gasteiger charge is -2.22. The first-order valence-corrected chi connectivity index (χ1v) is 7.56. The largest absolute Gasteiger partial charge is 0.383 e. The van der Waals surface area contributed by atoms with E-state index in [1.54, 1.807) is 30.8 Å². The van der Waals surface area contributed by atoms with Gasteiger partial charge in [0.15, 0.2) is 0 Å². The van der Waals surface area contributed by atoms with E-state index in [4.69, 9.17) is 16.3 Å². The second-order valence-electron chi connectivity index (χ2n) is 4.69. The minimum absolute atomic E-state index is 0.0196. The molecule has 2 rings (SSSR count). The van der Waals surface area contributed by atoms with Gasteiger partial charge in [-0.25, -0.2) is 0 Å². The lowest BCUT2D eigenvalue weighted by molar-refractivity contribution is -0.129. The number of rotatable bonds is 5. The Hall–Kier alpha value is -0.710. The van der Waals surface area contributed by atoms with E-state index in [0.717, 1.165) is 6.42 Å². The Balaban J connectivity index is 1.91. The highest BCUT2D eigenvalue weighted by Gasteiger charge is 2.30. The molecule has 0 bridgehead atoms. The van der Waals surface area contributed by atoms with E-state index in [0.29, 0.717) is 13.2 Å². The number of halogens is 1. The summed E-state index contributed by atoms with van der Waals surface area (Å²) in [5.41, 5.74) is 1.26. The second-order valence-corrected chi connectivity index (χ2v) is 6.55. The number of carbonyl (C=O) groups is 1. The maximum absolute atomic E-state index is 12.4. The third-order valence-electron chi connectivity index (χ3n) is 3.12. The highest BCUT2D eigenvalue weighted by atomic mass is 35.5. The van der Waals surface area contributed by atoms with Crippen molar-refractivity contribution in [3.63, 3.8) is 0 Å². The summed E-state index contributed by atoms with van der Waals surface area (Å²) >= 11 is 7.74. The van der Waals surface area contributed by atoms with Crippen LogP contribution >= 0.6 is 23.4 Å². The molecule has 1 heterocycles. The molecule has 0 aliphatic carbocycles. The van der Waals surface area contributed by atoms with E-state index in [1.165, 1.54) is 10.5 Å². The average molecular weight is 300 g/mol. The smallest absolute Gasteiger partial charge is 0.236 e. The third kappa shape index (κ3) is 3.65. The Bertz CT molecular complexity index is 430. The molecule has 0 fully saturated rings. The Morgan fingerprint density at radius 3 is 3.00 bits per heavy atom. The first kappa shape index (κ1) is 14.7. The monoisotopic (exact) mass is 299 g/mol. The minimum atomic E-state index is -0.160. The van der Waals surface area contributed by atoms with Crippen molar-refractivity contribution in [2.75, 3.05) is 27.3 Å². The molecular formula is C14H18ClNO2S. The van der Waals surface area contributed by atoms with Crippen LogP contribution in [0.5, 0.6) is 0 Å². The zero-order chi connectivity index (χ0) is 13.8. The number of alkyl halides is 1. The molecule has 19 heavy (non-hydrogen) atoms. The predicted molar refractivity (Wildman–Crippen MR) is 78.9 cm³/mol. The van der Waals surface area contributed by atoms with E-state index < -0.39 is 0 Å². The Kier molecular flexibility index (Phi) is 5.13. The van der Waals surface area contributed by atoms with E-state index in [1.807, 2.05) is 12.1 Å². The predicted octanol–water partition coefficient (Wildman–Crippen LogP) is 2.42. The van der Waals surface area contributed by atoms with Crippen molar-refractivity contribution in [2.45, 2.75) is 21.9 Å². The molecule has 0 N–H and O–H groups in total. The Labute approximate surface area is 123 Å². The highest BCUT2D eigenvalue weighted by Crippen LogP contribution is 2.37. The van der Waals surface area contributed by atoms with Gasteiger partial charge in [-0.2, -0.15) is 0 Å². The van der Waals surface area contributed by atoms with Crippen molar-refractivity contribution in [1.82, 2.24) is 4.90 Å². The number of fused-ring (bicyclic) bond motifs is 1. The molecule has 1 aromatic carbocycles. The van der Waals surface area contributed by atoms with Crippen molar-refractivity contribution in [3.8, 4) is 0 Å². The molecule has 1 amide bonds. The van der Waals surface area contributed by atoms with E-state index >= 15 is 0 Å². The number of nitrogens with zero attached hydrogens (tertiary/aromatic N) is 1. The van der Waals surface area contributed by atoms with Gasteiger partial charge in [0.1, 0.15) is 0 Å². The molecule has 0 spiro atoms. The number of thioether (sulfide) groups is 1. The zero-order valence-corrected chi connectivity index (χ0v) is 12.7. The van der Waals surface area contributed by atoms with E-state index in [9.17, 15) is 4.79 Å². The van der Waals surface area contributed by atoms with Gasteiger partial charge in [0.05, 0.1) is 17.2 Å². The molecule has 2 unspecified atom stereocenters. The summed E-state index contributed by atoms with van der Waals surface area (Å²) in [6.07, 6.45) is 0.807. The van der Waals surface area contributed by atoms with Crippen molar-refractivity contribution < 1.29 is 9.53 Å². The van der Waals surface area contributed by atoms with E-state index in [-0.39, 0.29) is 16.5 Å². The topological polar surface area (TPSA) is 29.5 Å². The van der Waals surface area contributed by atoms with Crippen molar-refractivity contribution in [3.05, 3.63) is 29.8 Å². The number of amides is 1. The number of methoxy groups -OCH3 is 1. The van der Waals surface area contributed by atoms with Crippen molar-refractivity contribution >= 4 is 29.3 Å².